The number of ketones is 1. The van der Waals surface area contributed by atoms with E-state index < -0.39 is 11.2 Å². The third-order valence-corrected chi connectivity index (χ3v) is 6.22. The first kappa shape index (κ1) is 21.7. The molecule has 0 saturated heterocycles. The maximum absolute atomic E-state index is 13.5. The molecule has 0 bridgehead atoms. The summed E-state index contributed by atoms with van der Waals surface area (Å²) in [6, 6.07) is 16.3. The van der Waals surface area contributed by atoms with Crippen molar-refractivity contribution in [3.8, 4) is 5.75 Å². The summed E-state index contributed by atoms with van der Waals surface area (Å²) in [5.41, 5.74) is 0.912. The lowest BCUT2D eigenvalue weighted by Crippen LogP contribution is -2.42. The molecule has 0 saturated carbocycles. The van der Waals surface area contributed by atoms with Gasteiger partial charge >= 0.3 is 5.69 Å². The van der Waals surface area contributed by atoms with Crippen molar-refractivity contribution in [2.24, 2.45) is 13.0 Å². The van der Waals surface area contributed by atoms with Crippen LogP contribution in [0.2, 0.25) is 0 Å². The summed E-state index contributed by atoms with van der Waals surface area (Å²) in [6.45, 7) is 3.07. The molecule has 5 rings (SSSR count). The molecule has 2 aromatic carbocycles. The first-order chi connectivity index (χ1) is 16.4. The number of benzene rings is 2. The molecule has 1 unspecified atom stereocenters. The monoisotopic (exact) mass is 459 g/mol. The van der Waals surface area contributed by atoms with Crippen molar-refractivity contribution >= 4 is 28.6 Å². The minimum atomic E-state index is -0.568. The molecule has 4 aromatic rings. The smallest absolute Gasteiger partial charge is 0.332 e. The number of aryl methyl sites for hydroxylation is 1. The molecule has 2 aromatic heterocycles. The molecule has 3 heterocycles. The van der Waals surface area contributed by atoms with Crippen molar-refractivity contribution in [1.29, 1.82) is 0 Å². The second-order valence-corrected chi connectivity index (χ2v) is 8.63. The molecule has 0 amide bonds. The van der Waals surface area contributed by atoms with Gasteiger partial charge in [0.2, 0.25) is 5.95 Å². The predicted molar refractivity (Wildman–Crippen MR) is 129 cm³/mol. The lowest BCUT2D eigenvalue weighted by atomic mass is 10.1. The van der Waals surface area contributed by atoms with E-state index in [0.717, 1.165) is 16.0 Å². The Kier molecular flexibility index (Phi) is 5.31. The Hall–Kier alpha value is -4.14. The fraction of sp³-hybridized carbons (Fsp3) is 0.280. The van der Waals surface area contributed by atoms with Gasteiger partial charge in [0, 0.05) is 31.4 Å². The molecule has 1 atom stereocenters. The third-order valence-electron chi connectivity index (χ3n) is 6.22. The van der Waals surface area contributed by atoms with Gasteiger partial charge in [-0.25, -0.2) is 4.79 Å². The molecular weight excluding hydrogens is 434 g/mol. The summed E-state index contributed by atoms with van der Waals surface area (Å²) in [7, 11) is 3.19. The van der Waals surface area contributed by atoms with Crippen LogP contribution in [0.4, 0.5) is 11.6 Å². The van der Waals surface area contributed by atoms with Gasteiger partial charge in [0.25, 0.3) is 5.56 Å². The Morgan fingerprint density at radius 1 is 1.06 bits per heavy atom. The lowest BCUT2D eigenvalue weighted by molar-refractivity contribution is 0.0969. The summed E-state index contributed by atoms with van der Waals surface area (Å²) < 4.78 is 9.48. The summed E-state index contributed by atoms with van der Waals surface area (Å²) >= 11 is 0. The zero-order chi connectivity index (χ0) is 24.0. The molecule has 9 nitrogen and oxygen atoms in total. The van der Waals surface area contributed by atoms with E-state index in [1.807, 2.05) is 39.8 Å². The maximum Gasteiger partial charge on any atom is 0.332 e. The van der Waals surface area contributed by atoms with Gasteiger partial charge in [0.05, 0.1) is 13.7 Å². The van der Waals surface area contributed by atoms with Crippen LogP contribution in [0.1, 0.15) is 17.3 Å². The molecule has 0 aliphatic carbocycles. The van der Waals surface area contributed by atoms with Gasteiger partial charge in [0.1, 0.15) is 5.75 Å². The molecule has 174 valence electrons. The number of carbonyl (C=O) groups is 1. The van der Waals surface area contributed by atoms with Crippen molar-refractivity contribution in [2.45, 2.75) is 20.0 Å². The molecule has 0 fully saturated rings. The predicted octanol–water partition coefficient (Wildman–Crippen LogP) is 2.58. The van der Waals surface area contributed by atoms with Gasteiger partial charge in [-0.3, -0.25) is 18.7 Å². The number of aromatic nitrogens is 4. The van der Waals surface area contributed by atoms with Crippen LogP contribution >= 0.6 is 0 Å². The Bertz CT molecular complexity index is 1500. The van der Waals surface area contributed by atoms with E-state index >= 15 is 0 Å². The van der Waals surface area contributed by atoms with E-state index in [9.17, 15) is 14.4 Å². The molecular formula is C25H25N5O4. The first-order valence-electron chi connectivity index (χ1n) is 11.1. The number of carbonyl (C=O) groups excluding carboxylic acids is 1. The van der Waals surface area contributed by atoms with Crippen molar-refractivity contribution < 1.29 is 9.53 Å². The van der Waals surface area contributed by atoms with Gasteiger partial charge in [0.15, 0.2) is 16.9 Å². The van der Waals surface area contributed by atoms with E-state index in [1.54, 1.807) is 38.4 Å². The number of anilines is 2. The zero-order valence-electron chi connectivity index (χ0n) is 19.3. The Labute approximate surface area is 195 Å². The number of fused-ring (bicyclic) bond motifs is 3. The largest absolute Gasteiger partial charge is 0.497 e. The maximum atomic E-state index is 13.5. The minimum Gasteiger partial charge on any atom is -0.497 e. The van der Waals surface area contributed by atoms with Crippen LogP contribution in [0, 0.1) is 5.92 Å². The number of rotatable bonds is 5. The minimum absolute atomic E-state index is 0.225. The number of methoxy groups -OCH3 is 1. The van der Waals surface area contributed by atoms with E-state index in [2.05, 4.69) is 6.92 Å². The molecule has 1 aliphatic heterocycles. The van der Waals surface area contributed by atoms with Gasteiger partial charge in [-0.15, -0.1) is 0 Å². The number of hydrogen-bond donors (Lipinski definition) is 0. The Morgan fingerprint density at radius 2 is 1.76 bits per heavy atom. The summed E-state index contributed by atoms with van der Waals surface area (Å²) in [5.74, 6) is 1.27. The summed E-state index contributed by atoms with van der Waals surface area (Å²) in [5, 5.41) is 0. The van der Waals surface area contributed by atoms with Crippen LogP contribution in [0.5, 0.6) is 5.75 Å². The third kappa shape index (κ3) is 3.49. The summed E-state index contributed by atoms with van der Waals surface area (Å²) in [4.78, 5) is 46.1. The average Bonchev–Trinajstić information content (AvgIpc) is 3.25. The SMILES string of the molecule is COc1ccc(N2CC(C)Cn3c2nc2c3c(=O)n(CC(=O)c3ccccc3)c(=O)n2C)cc1. The van der Waals surface area contributed by atoms with Crippen LogP contribution in [0.3, 0.4) is 0 Å². The van der Waals surface area contributed by atoms with E-state index in [0.29, 0.717) is 35.8 Å². The van der Waals surface area contributed by atoms with Crippen LogP contribution < -0.4 is 20.9 Å². The zero-order valence-corrected chi connectivity index (χ0v) is 19.3. The molecule has 0 N–H and O–H groups in total. The van der Waals surface area contributed by atoms with Gasteiger partial charge in [-0.1, -0.05) is 37.3 Å². The van der Waals surface area contributed by atoms with E-state index in [-0.39, 0.29) is 18.2 Å². The van der Waals surface area contributed by atoms with Crippen molar-refractivity contribution in [3.63, 3.8) is 0 Å². The van der Waals surface area contributed by atoms with Crippen molar-refractivity contribution in [3.05, 3.63) is 81.0 Å². The number of ether oxygens (including phenoxy) is 1. The standard InChI is InChI=1S/C25H25N5O4/c1-16-13-28(18-9-11-19(34-3)12-10-18)24-26-22-21(29(24)14-16)23(32)30(25(33)27(22)2)15-20(31)17-7-5-4-6-8-17/h4-12,16H,13-15H2,1-3H3. The van der Waals surface area contributed by atoms with E-state index in [4.69, 9.17) is 9.72 Å². The highest BCUT2D eigenvalue weighted by molar-refractivity contribution is 5.96. The van der Waals surface area contributed by atoms with Gasteiger partial charge < -0.3 is 14.2 Å². The second-order valence-electron chi connectivity index (χ2n) is 8.63. The van der Waals surface area contributed by atoms with Crippen LogP contribution in [-0.4, -0.2) is 38.1 Å². The highest BCUT2D eigenvalue weighted by Crippen LogP contribution is 2.33. The Morgan fingerprint density at radius 3 is 2.44 bits per heavy atom. The average molecular weight is 460 g/mol. The molecule has 1 aliphatic rings. The number of hydrogen-bond acceptors (Lipinski definition) is 6. The lowest BCUT2D eigenvalue weighted by Gasteiger charge is -2.33. The Balaban J connectivity index is 1.65. The van der Waals surface area contributed by atoms with E-state index in [1.165, 1.54) is 4.57 Å². The highest BCUT2D eigenvalue weighted by Gasteiger charge is 2.30. The highest BCUT2D eigenvalue weighted by atomic mass is 16.5. The van der Waals surface area contributed by atoms with Crippen molar-refractivity contribution in [1.82, 2.24) is 18.7 Å². The number of Topliss-reactive ketones (excluding diaryl/α,β-unsaturated/α-hetero) is 1. The van der Waals surface area contributed by atoms with Crippen LogP contribution in [0.25, 0.3) is 11.2 Å². The van der Waals surface area contributed by atoms with Crippen molar-refractivity contribution in [2.75, 3.05) is 18.6 Å². The second kappa shape index (κ2) is 8.33. The fourth-order valence-electron chi connectivity index (χ4n) is 4.48. The van der Waals surface area contributed by atoms with Gasteiger partial charge in [-0.2, -0.15) is 4.98 Å². The molecule has 9 heteroatoms. The van der Waals surface area contributed by atoms with Crippen LogP contribution in [-0.2, 0) is 20.1 Å². The molecule has 0 spiro atoms. The topological polar surface area (TPSA) is 91.4 Å². The quantitative estimate of drug-likeness (QED) is 0.426. The fourth-order valence-corrected chi connectivity index (χ4v) is 4.48. The van der Waals surface area contributed by atoms with Crippen LogP contribution in [0.15, 0.2) is 64.2 Å². The molecule has 0 radical (unpaired) electrons. The van der Waals surface area contributed by atoms with Gasteiger partial charge in [-0.05, 0) is 30.2 Å². The number of nitrogens with zero attached hydrogens (tertiary/aromatic N) is 5. The summed E-state index contributed by atoms with van der Waals surface area (Å²) in [6.07, 6.45) is 0. The first-order valence-corrected chi connectivity index (χ1v) is 11.1. The normalized spacial score (nSPS) is 15.4. The molecule has 34 heavy (non-hydrogen) atoms. The number of imidazole rings is 1.